The molecule has 0 aromatic heterocycles. The average Bonchev–Trinajstić information content (AvgIpc) is 3.29. The second kappa shape index (κ2) is 10.1. The zero-order valence-corrected chi connectivity index (χ0v) is 18.4. The maximum Gasteiger partial charge on any atom is 0.254 e. The van der Waals surface area contributed by atoms with Gasteiger partial charge < -0.3 is 16.0 Å². The number of nitrogens with two attached hydrogens (primary N) is 1. The van der Waals surface area contributed by atoms with E-state index in [-0.39, 0.29) is 23.1 Å². The van der Waals surface area contributed by atoms with Crippen molar-refractivity contribution in [2.24, 2.45) is 17.1 Å². The van der Waals surface area contributed by atoms with E-state index in [4.69, 9.17) is 5.73 Å². The van der Waals surface area contributed by atoms with Crippen molar-refractivity contribution in [2.75, 3.05) is 18.4 Å². The van der Waals surface area contributed by atoms with Crippen molar-refractivity contribution in [3.8, 4) is 0 Å². The molecular formula is C25H32FN3O2. The fraction of sp³-hybridized carbons (Fsp3) is 0.440. The molecule has 3 N–H and O–H groups in total. The Morgan fingerprint density at radius 3 is 2.42 bits per heavy atom. The number of amides is 2. The van der Waals surface area contributed by atoms with Gasteiger partial charge in [-0.05, 0) is 60.7 Å². The van der Waals surface area contributed by atoms with E-state index in [1.165, 1.54) is 18.2 Å². The van der Waals surface area contributed by atoms with E-state index in [1.54, 1.807) is 11.0 Å². The number of benzene rings is 2. The van der Waals surface area contributed by atoms with Crippen LogP contribution in [0.3, 0.4) is 0 Å². The molecule has 0 bridgehead atoms. The van der Waals surface area contributed by atoms with Crippen molar-refractivity contribution in [1.29, 1.82) is 0 Å². The first-order chi connectivity index (χ1) is 14.8. The van der Waals surface area contributed by atoms with Crippen molar-refractivity contribution in [1.82, 2.24) is 4.90 Å². The van der Waals surface area contributed by atoms with Gasteiger partial charge in [-0.1, -0.05) is 44.9 Å². The lowest BCUT2D eigenvalue weighted by molar-refractivity contribution is -0.119. The number of carbonyl (C=O) groups is 2. The van der Waals surface area contributed by atoms with Gasteiger partial charge in [0.2, 0.25) is 5.91 Å². The predicted molar refractivity (Wildman–Crippen MR) is 121 cm³/mol. The summed E-state index contributed by atoms with van der Waals surface area (Å²) in [5.41, 5.74) is 7.61. The quantitative estimate of drug-likeness (QED) is 0.650. The molecule has 5 nitrogen and oxygen atoms in total. The molecule has 31 heavy (non-hydrogen) atoms. The first-order valence-corrected chi connectivity index (χ1v) is 10.9. The van der Waals surface area contributed by atoms with Gasteiger partial charge in [0.25, 0.3) is 5.91 Å². The van der Waals surface area contributed by atoms with Crippen LogP contribution in [-0.4, -0.2) is 29.8 Å². The number of halogens is 1. The zero-order valence-electron chi connectivity index (χ0n) is 18.4. The van der Waals surface area contributed by atoms with Crippen LogP contribution in [0, 0.1) is 17.2 Å². The Morgan fingerprint density at radius 2 is 1.81 bits per heavy atom. The molecule has 0 atom stereocenters. The highest BCUT2D eigenvalue weighted by Crippen LogP contribution is 2.26. The van der Waals surface area contributed by atoms with Crippen LogP contribution in [0.15, 0.2) is 48.5 Å². The van der Waals surface area contributed by atoms with Crippen LogP contribution in [0.25, 0.3) is 0 Å². The maximum absolute atomic E-state index is 13.7. The molecule has 0 saturated heterocycles. The third-order valence-electron chi connectivity index (χ3n) is 5.85. The molecule has 1 aliphatic rings. The molecule has 0 spiro atoms. The SMILES string of the molecule is CC(C)(CN)CN(Cc1ccc(NC(=O)C2CCCC2)cc1)C(=O)c1cccc(F)c1. The van der Waals surface area contributed by atoms with E-state index in [2.05, 4.69) is 5.32 Å². The molecule has 3 rings (SSSR count). The Labute approximate surface area is 183 Å². The first-order valence-electron chi connectivity index (χ1n) is 10.9. The zero-order chi connectivity index (χ0) is 22.4. The second-order valence-corrected chi connectivity index (χ2v) is 9.21. The minimum atomic E-state index is -0.439. The lowest BCUT2D eigenvalue weighted by Gasteiger charge is -2.32. The Hall–Kier alpha value is -2.73. The Morgan fingerprint density at radius 1 is 1.13 bits per heavy atom. The smallest absolute Gasteiger partial charge is 0.254 e. The molecule has 0 heterocycles. The number of hydrogen-bond acceptors (Lipinski definition) is 3. The summed E-state index contributed by atoms with van der Waals surface area (Å²) >= 11 is 0. The monoisotopic (exact) mass is 425 g/mol. The summed E-state index contributed by atoms with van der Waals surface area (Å²) in [4.78, 5) is 27.2. The average molecular weight is 426 g/mol. The van der Waals surface area contributed by atoms with Crippen LogP contribution in [0.5, 0.6) is 0 Å². The third kappa shape index (κ3) is 6.37. The summed E-state index contributed by atoms with van der Waals surface area (Å²) in [6, 6.07) is 13.3. The molecule has 1 fully saturated rings. The minimum absolute atomic E-state index is 0.0813. The van der Waals surface area contributed by atoms with Crippen molar-refractivity contribution in [3.05, 3.63) is 65.5 Å². The maximum atomic E-state index is 13.7. The van der Waals surface area contributed by atoms with E-state index >= 15 is 0 Å². The third-order valence-corrected chi connectivity index (χ3v) is 5.85. The summed E-state index contributed by atoms with van der Waals surface area (Å²) in [6.07, 6.45) is 4.15. The molecule has 6 heteroatoms. The Balaban J connectivity index is 1.72. The van der Waals surface area contributed by atoms with E-state index in [9.17, 15) is 14.0 Å². The van der Waals surface area contributed by atoms with Gasteiger partial charge in [0, 0.05) is 30.3 Å². The molecule has 0 aliphatic heterocycles. The largest absolute Gasteiger partial charge is 0.334 e. The predicted octanol–water partition coefficient (Wildman–Crippen LogP) is 4.58. The van der Waals surface area contributed by atoms with Gasteiger partial charge in [0.05, 0.1) is 0 Å². The molecule has 1 aliphatic carbocycles. The van der Waals surface area contributed by atoms with Gasteiger partial charge in [0.1, 0.15) is 5.82 Å². The Kier molecular flexibility index (Phi) is 7.44. The van der Waals surface area contributed by atoms with Gasteiger partial charge >= 0.3 is 0 Å². The van der Waals surface area contributed by atoms with Crippen LogP contribution in [0.1, 0.15) is 55.5 Å². The number of carbonyl (C=O) groups excluding carboxylic acids is 2. The highest BCUT2D eigenvalue weighted by Gasteiger charge is 2.25. The van der Waals surface area contributed by atoms with Crippen molar-refractivity contribution >= 4 is 17.5 Å². The number of nitrogens with zero attached hydrogens (tertiary/aromatic N) is 1. The Bertz CT molecular complexity index is 905. The molecule has 0 unspecified atom stereocenters. The minimum Gasteiger partial charge on any atom is -0.334 e. The highest BCUT2D eigenvalue weighted by molar-refractivity contribution is 5.94. The summed E-state index contributed by atoms with van der Waals surface area (Å²) < 4.78 is 13.7. The fourth-order valence-electron chi connectivity index (χ4n) is 3.93. The second-order valence-electron chi connectivity index (χ2n) is 9.21. The fourth-order valence-corrected chi connectivity index (χ4v) is 3.93. The van der Waals surface area contributed by atoms with E-state index in [0.717, 1.165) is 36.9 Å². The van der Waals surface area contributed by atoms with Crippen LogP contribution in [-0.2, 0) is 11.3 Å². The number of anilines is 1. The molecular weight excluding hydrogens is 393 g/mol. The number of hydrogen-bond donors (Lipinski definition) is 2. The number of rotatable bonds is 8. The van der Waals surface area contributed by atoms with Crippen molar-refractivity contribution < 1.29 is 14.0 Å². The van der Waals surface area contributed by atoms with Gasteiger partial charge in [-0.25, -0.2) is 4.39 Å². The standard InChI is InChI=1S/C25H32FN3O2/c1-25(2,16-27)17-29(24(31)20-8-5-9-21(26)14-20)15-18-10-12-22(13-11-18)28-23(30)19-6-3-4-7-19/h5,8-14,19H,3-4,6-7,15-17,27H2,1-2H3,(H,28,30). The van der Waals surface area contributed by atoms with Gasteiger partial charge in [0.15, 0.2) is 0 Å². The normalized spacial score (nSPS) is 14.5. The van der Waals surface area contributed by atoms with Gasteiger partial charge in [-0.15, -0.1) is 0 Å². The summed E-state index contributed by atoms with van der Waals surface area (Å²) in [6.45, 7) is 5.24. The first kappa shape index (κ1) is 22.9. The molecule has 0 radical (unpaired) electrons. The molecule has 2 amide bonds. The van der Waals surface area contributed by atoms with Crippen LogP contribution in [0.4, 0.5) is 10.1 Å². The summed E-state index contributed by atoms with van der Waals surface area (Å²) in [7, 11) is 0. The highest BCUT2D eigenvalue weighted by atomic mass is 19.1. The van der Waals surface area contributed by atoms with Gasteiger partial charge in [-0.3, -0.25) is 9.59 Å². The van der Waals surface area contributed by atoms with Crippen LogP contribution < -0.4 is 11.1 Å². The lowest BCUT2D eigenvalue weighted by atomic mass is 9.92. The van der Waals surface area contributed by atoms with E-state index < -0.39 is 5.82 Å². The topological polar surface area (TPSA) is 75.4 Å². The van der Waals surface area contributed by atoms with E-state index in [1.807, 2.05) is 38.1 Å². The molecule has 2 aromatic carbocycles. The van der Waals surface area contributed by atoms with E-state index in [0.29, 0.717) is 25.2 Å². The summed E-state index contributed by atoms with van der Waals surface area (Å²) in [5.74, 6) is -0.485. The van der Waals surface area contributed by atoms with Crippen LogP contribution >= 0.6 is 0 Å². The number of nitrogens with one attached hydrogen (secondary N) is 1. The van der Waals surface area contributed by atoms with Crippen molar-refractivity contribution in [3.63, 3.8) is 0 Å². The van der Waals surface area contributed by atoms with Gasteiger partial charge in [-0.2, -0.15) is 0 Å². The lowest BCUT2D eigenvalue weighted by Crippen LogP contribution is -2.41. The van der Waals surface area contributed by atoms with Crippen LogP contribution in [0.2, 0.25) is 0 Å². The molecule has 1 saturated carbocycles. The summed E-state index contributed by atoms with van der Waals surface area (Å²) in [5, 5.41) is 2.99. The van der Waals surface area contributed by atoms with Crippen molar-refractivity contribution in [2.45, 2.75) is 46.1 Å². The molecule has 2 aromatic rings. The molecule has 166 valence electrons.